The van der Waals surface area contributed by atoms with Crippen LogP contribution in [0.15, 0.2) is 24.3 Å². The van der Waals surface area contributed by atoms with E-state index in [4.69, 9.17) is 10.5 Å². The lowest BCUT2D eigenvalue weighted by Crippen LogP contribution is -2.50. The van der Waals surface area contributed by atoms with E-state index in [0.717, 1.165) is 24.4 Å². The molecule has 1 aliphatic rings. The highest BCUT2D eigenvalue weighted by atomic mass is 35.5. The van der Waals surface area contributed by atoms with Gasteiger partial charge in [0, 0.05) is 12.1 Å². The molecule has 5 nitrogen and oxygen atoms in total. The summed E-state index contributed by atoms with van der Waals surface area (Å²) in [5, 5.41) is 3.05. The summed E-state index contributed by atoms with van der Waals surface area (Å²) < 4.78 is 5.53. The molecule has 3 N–H and O–H groups in total. The van der Waals surface area contributed by atoms with Crippen molar-refractivity contribution < 1.29 is 9.53 Å². The molecule has 0 radical (unpaired) electrons. The zero-order chi connectivity index (χ0) is 17.7. The standard InChI is InChI=1S/C19H31N3O2.2ClH/c1-19(2,3)17(20)18(23)21-13-15(22-11-7-8-12-22)14-9-5-6-10-16(14)24-4;;/h5-6,9-10,15,17H,7-8,11-13,20H2,1-4H3,(H,21,23);2*1H/t15?,17-;;/m1../s1. The van der Waals surface area contributed by atoms with Crippen molar-refractivity contribution in [2.75, 3.05) is 26.7 Å². The smallest absolute Gasteiger partial charge is 0.237 e. The highest BCUT2D eigenvalue weighted by Gasteiger charge is 2.30. The number of carbonyl (C=O) groups excluding carboxylic acids is 1. The molecule has 0 aliphatic carbocycles. The second-order valence-corrected chi connectivity index (χ2v) is 7.59. The summed E-state index contributed by atoms with van der Waals surface area (Å²) >= 11 is 0. The van der Waals surface area contributed by atoms with Crippen LogP contribution >= 0.6 is 24.8 Å². The van der Waals surface area contributed by atoms with Crippen molar-refractivity contribution in [3.63, 3.8) is 0 Å². The van der Waals surface area contributed by atoms with E-state index in [1.165, 1.54) is 12.8 Å². The number of nitrogens with one attached hydrogen (secondary N) is 1. The Bertz CT molecular complexity index is 558. The maximum absolute atomic E-state index is 12.4. The van der Waals surface area contributed by atoms with Crippen LogP contribution in [0.4, 0.5) is 0 Å². The molecule has 1 aromatic carbocycles. The normalized spacial score (nSPS) is 16.8. The Hall–Kier alpha value is -1.01. The van der Waals surface area contributed by atoms with Gasteiger partial charge in [-0.15, -0.1) is 24.8 Å². The van der Waals surface area contributed by atoms with E-state index in [0.29, 0.717) is 6.54 Å². The first-order valence-corrected chi connectivity index (χ1v) is 8.75. The van der Waals surface area contributed by atoms with Crippen molar-refractivity contribution in [1.29, 1.82) is 0 Å². The first-order chi connectivity index (χ1) is 11.3. The van der Waals surface area contributed by atoms with Gasteiger partial charge in [0.2, 0.25) is 5.91 Å². The van der Waals surface area contributed by atoms with E-state index in [9.17, 15) is 4.79 Å². The summed E-state index contributed by atoms with van der Waals surface area (Å²) in [6.07, 6.45) is 2.39. The Balaban J connectivity index is 0.00000312. The van der Waals surface area contributed by atoms with Gasteiger partial charge in [-0.25, -0.2) is 0 Å². The fourth-order valence-electron chi connectivity index (χ4n) is 3.13. The van der Waals surface area contributed by atoms with Gasteiger partial charge >= 0.3 is 0 Å². The van der Waals surface area contributed by atoms with E-state index >= 15 is 0 Å². The van der Waals surface area contributed by atoms with Gasteiger partial charge in [-0.2, -0.15) is 0 Å². The molecule has 1 aliphatic heterocycles. The Kier molecular flexibility index (Phi) is 10.5. The number of halogens is 2. The maximum atomic E-state index is 12.4. The third-order valence-corrected chi connectivity index (χ3v) is 4.76. The number of methoxy groups -OCH3 is 1. The lowest BCUT2D eigenvalue weighted by molar-refractivity contribution is -0.124. The number of nitrogens with zero attached hydrogens (tertiary/aromatic N) is 1. The molecular formula is C19H33Cl2N3O2. The molecule has 1 heterocycles. The number of nitrogens with two attached hydrogens (primary N) is 1. The molecule has 150 valence electrons. The van der Waals surface area contributed by atoms with Crippen molar-refractivity contribution in [2.45, 2.75) is 45.7 Å². The first kappa shape index (κ1) is 25.0. The molecule has 26 heavy (non-hydrogen) atoms. The first-order valence-electron chi connectivity index (χ1n) is 8.75. The van der Waals surface area contributed by atoms with Crippen LogP contribution in [0.1, 0.15) is 45.2 Å². The summed E-state index contributed by atoms with van der Waals surface area (Å²) in [6, 6.07) is 7.63. The fourth-order valence-corrected chi connectivity index (χ4v) is 3.13. The number of likely N-dealkylation sites (tertiary alicyclic amines) is 1. The highest BCUT2D eigenvalue weighted by Crippen LogP contribution is 2.31. The Morgan fingerprint density at radius 1 is 1.23 bits per heavy atom. The topological polar surface area (TPSA) is 67.6 Å². The SMILES string of the molecule is COc1ccccc1C(CNC(=O)[C@@H](N)C(C)(C)C)N1CCCC1.Cl.Cl. The van der Waals surface area contributed by atoms with Crippen LogP contribution in [0.3, 0.4) is 0 Å². The van der Waals surface area contributed by atoms with Gasteiger partial charge in [0.25, 0.3) is 0 Å². The molecule has 1 aromatic rings. The second-order valence-electron chi connectivity index (χ2n) is 7.59. The number of rotatable bonds is 6. The van der Waals surface area contributed by atoms with Crippen molar-refractivity contribution >= 4 is 30.7 Å². The van der Waals surface area contributed by atoms with Crippen LogP contribution in [-0.4, -0.2) is 43.6 Å². The number of benzene rings is 1. The summed E-state index contributed by atoms with van der Waals surface area (Å²) in [6.45, 7) is 8.58. The van der Waals surface area contributed by atoms with Gasteiger partial charge in [0.1, 0.15) is 5.75 Å². The van der Waals surface area contributed by atoms with Gasteiger partial charge in [-0.1, -0.05) is 39.0 Å². The average molecular weight is 406 g/mol. The molecular weight excluding hydrogens is 373 g/mol. The molecule has 7 heteroatoms. The van der Waals surface area contributed by atoms with Gasteiger partial charge in [-0.05, 0) is 37.4 Å². The van der Waals surface area contributed by atoms with Crippen molar-refractivity contribution in [3.05, 3.63) is 29.8 Å². The van der Waals surface area contributed by atoms with Crippen LogP contribution in [0, 0.1) is 5.41 Å². The fraction of sp³-hybridized carbons (Fsp3) is 0.632. The number of hydrogen-bond donors (Lipinski definition) is 2. The summed E-state index contributed by atoms with van der Waals surface area (Å²) in [4.78, 5) is 14.8. The molecule has 0 aromatic heterocycles. The molecule has 2 atom stereocenters. The molecule has 1 saturated heterocycles. The van der Waals surface area contributed by atoms with Gasteiger partial charge in [0.05, 0.1) is 19.2 Å². The minimum atomic E-state index is -0.519. The summed E-state index contributed by atoms with van der Waals surface area (Å²) in [5.41, 5.74) is 6.94. The number of hydrogen-bond acceptors (Lipinski definition) is 4. The zero-order valence-corrected chi connectivity index (χ0v) is 17.8. The van der Waals surface area contributed by atoms with Gasteiger partial charge in [0.15, 0.2) is 0 Å². The van der Waals surface area contributed by atoms with Crippen LogP contribution in [0.2, 0.25) is 0 Å². The number of amides is 1. The average Bonchev–Trinajstić information content (AvgIpc) is 3.08. The van der Waals surface area contributed by atoms with E-state index in [1.807, 2.05) is 39.0 Å². The maximum Gasteiger partial charge on any atom is 0.237 e. The summed E-state index contributed by atoms with van der Waals surface area (Å²) in [5.74, 6) is 0.769. The van der Waals surface area contributed by atoms with Crippen LogP contribution in [-0.2, 0) is 4.79 Å². The van der Waals surface area contributed by atoms with Crippen LogP contribution in [0.5, 0.6) is 5.75 Å². The van der Waals surface area contributed by atoms with Gasteiger partial charge in [-0.3, -0.25) is 9.69 Å². The highest BCUT2D eigenvalue weighted by molar-refractivity contribution is 5.85. The third kappa shape index (κ3) is 6.31. The second kappa shape index (κ2) is 11.0. The monoisotopic (exact) mass is 405 g/mol. The lowest BCUT2D eigenvalue weighted by atomic mass is 9.87. The van der Waals surface area contributed by atoms with Crippen molar-refractivity contribution in [2.24, 2.45) is 11.1 Å². The molecule has 2 rings (SSSR count). The number of para-hydroxylation sites is 1. The van der Waals surface area contributed by atoms with Gasteiger partial charge < -0.3 is 15.8 Å². The number of ether oxygens (including phenoxy) is 1. The van der Waals surface area contributed by atoms with Crippen LogP contribution < -0.4 is 15.8 Å². The van der Waals surface area contributed by atoms with Crippen molar-refractivity contribution in [3.8, 4) is 5.75 Å². The molecule has 0 bridgehead atoms. The van der Waals surface area contributed by atoms with Crippen molar-refractivity contribution in [1.82, 2.24) is 10.2 Å². The van der Waals surface area contributed by atoms with E-state index in [2.05, 4.69) is 16.3 Å². The van der Waals surface area contributed by atoms with E-state index < -0.39 is 6.04 Å². The quantitative estimate of drug-likeness (QED) is 0.762. The molecule has 0 saturated carbocycles. The third-order valence-electron chi connectivity index (χ3n) is 4.76. The molecule has 1 unspecified atom stereocenters. The minimum absolute atomic E-state index is 0. The predicted molar refractivity (Wildman–Crippen MR) is 111 cm³/mol. The minimum Gasteiger partial charge on any atom is -0.496 e. The van der Waals surface area contributed by atoms with E-state index in [1.54, 1.807) is 7.11 Å². The molecule has 0 spiro atoms. The zero-order valence-electron chi connectivity index (χ0n) is 16.2. The Morgan fingerprint density at radius 2 is 1.81 bits per heavy atom. The predicted octanol–water partition coefficient (Wildman–Crippen LogP) is 3.17. The molecule has 1 fully saturated rings. The Labute approximate surface area is 169 Å². The van der Waals surface area contributed by atoms with Crippen LogP contribution in [0.25, 0.3) is 0 Å². The Morgan fingerprint density at radius 3 is 2.35 bits per heavy atom. The van der Waals surface area contributed by atoms with E-state index in [-0.39, 0.29) is 42.2 Å². The largest absolute Gasteiger partial charge is 0.496 e. The number of carbonyl (C=O) groups is 1. The lowest BCUT2D eigenvalue weighted by Gasteiger charge is -2.31. The summed E-state index contributed by atoms with van der Waals surface area (Å²) in [7, 11) is 1.69. The molecule has 1 amide bonds.